The van der Waals surface area contributed by atoms with Crippen molar-refractivity contribution in [1.82, 2.24) is 9.97 Å². The van der Waals surface area contributed by atoms with Gasteiger partial charge in [-0.25, -0.2) is 0 Å². The van der Waals surface area contributed by atoms with Crippen LogP contribution in [0.1, 0.15) is 0 Å². The molecule has 0 saturated carbocycles. The molecule has 3 nitrogen and oxygen atoms in total. The Labute approximate surface area is 64.5 Å². The van der Waals surface area contributed by atoms with Crippen LogP contribution >= 0.6 is 0 Å². The standard InChI is InChI=1S/C8H9N3/c1-9-7-5-10-4-6-2-3-11-8(6)7/h2-5,9,11H,1H3. The molecule has 2 heterocycles. The Hall–Kier alpha value is -1.51. The zero-order valence-electron chi connectivity index (χ0n) is 6.26. The molecule has 0 atom stereocenters. The summed E-state index contributed by atoms with van der Waals surface area (Å²) in [6, 6.07) is 2.00. The fourth-order valence-corrected chi connectivity index (χ4v) is 1.17. The SMILES string of the molecule is CNc1cncc2cc[nH]c12. The molecule has 0 saturated heterocycles. The molecule has 11 heavy (non-hydrogen) atoms. The second-order valence-corrected chi connectivity index (χ2v) is 2.38. The molecule has 0 aliphatic rings. The van der Waals surface area contributed by atoms with Gasteiger partial charge >= 0.3 is 0 Å². The van der Waals surface area contributed by atoms with Gasteiger partial charge in [-0.3, -0.25) is 4.98 Å². The highest BCUT2D eigenvalue weighted by Gasteiger charge is 1.97. The molecule has 2 rings (SSSR count). The quantitative estimate of drug-likeness (QED) is 0.643. The van der Waals surface area contributed by atoms with Crippen LogP contribution in [0.25, 0.3) is 10.9 Å². The lowest BCUT2D eigenvalue weighted by atomic mass is 10.3. The van der Waals surface area contributed by atoms with Gasteiger partial charge in [-0.05, 0) is 6.07 Å². The maximum atomic E-state index is 4.07. The highest BCUT2D eigenvalue weighted by molar-refractivity contribution is 5.89. The molecule has 0 unspecified atom stereocenters. The van der Waals surface area contributed by atoms with E-state index >= 15 is 0 Å². The summed E-state index contributed by atoms with van der Waals surface area (Å²) in [5.74, 6) is 0. The minimum Gasteiger partial charge on any atom is -0.385 e. The van der Waals surface area contributed by atoms with Gasteiger partial charge in [0.1, 0.15) is 0 Å². The second kappa shape index (κ2) is 2.27. The largest absolute Gasteiger partial charge is 0.385 e. The molecular formula is C8H9N3. The van der Waals surface area contributed by atoms with E-state index in [-0.39, 0.29) is 0 Å². The monoisotopic (exact) mass is 147 g/mol. The summed E-state index contributed by atoms with van der Waals surface area (Å²) in [6.45, 7) is 0. The number of aromatic nitrogens is 2. The highest BCUT2D eigenvalue weighted by Crippen LogP contribution is 2.18. The van der Waals surface area contributed by atoms with Crippen molar-refractivity contribution in [3.05, 3.63) is 24.7 Å². The predicted octanol–water partition coefficient (Wildman–Crippen LogP) is 1.60. The van der Waals surface area contributed by atoms with Gasteiger partial charge in [0.2, 0.25) is 0 Å². The number of nitrogens with zero attached hydrogens (tertiary/aromatic N) is 1. The second-order valence-electron chi connectivity index (χ2n) is 2.38. The molecule has 0 fully saturated rings. The molecule has 2 N–H and O–H groups in total. The molecule has 0 radical (unpaired) electrons. The molecule has 56 valence electrons. The number of rotatable bonds is 1. The fourth-order valence-electron chi connectivity index (χ4n) is 1.17. The van der Waals surface area contributed by atoms with Crippen molar-refractivity contribution in [3.63, 3.8) is 0 Å². The molecule has 0 aliphatic heterocycles. The Balaban J connectivity index is 2.79. The summed E-state index contributed by atoms with van der Waals surface area (Å²) in [7, 11) is 1.89. The maximum Gasteiger partial charge on any atom is 0.0769 e. The number of H-pyrrole nitrogens is 1. The minimum absolute atomic E-state index is 1.03. The van der Waals surface area contributed by atoms with E-state index in [9.17, 15) is 0 Å². The van der Waals surface area contributed by atoms with Crippen LogP contribution < -0.4 is 5.32 Å². The average molecular weight is 147 g/mol. The Morgan fingerprint density at radius 1 is 1.45 bits per heavy atom. The number of hydrogen-bond acceptors (Lipinski definition) is 2. The number of aromatic amines is 1. The van der Waals surface area contributed by atoms with Crippen LogP contribution in [-0.4, -0.2) is 17.0 Å². The predicted molar refractivity (Wildman–Crippen MR) is 45.6 cm³/mol. The van der Waals surface area contributed by atoms with Crippen LogP contribution in [0.5, 0.6) is 0 Å². The minimum atomic E-state index is 1.03. The first-order chi connectivity index (χ1) is 5.42. The maximum absolute atomic E-state index is 4.07. The molecule has 2 aromatic rings. The first-order valence-corrected chi connectivity index (χ1v) is 3.50. The lowest BCUT2D eigenvalue weighted by Crippen LogP contribution is -1.89. The molecule has 2 aromatic heterocycles. The molecule has 3 heteroatoms. The molecule has 0 amide bonds. The summed E-state index contributed by atoms with van der Waals surface area (Å²) in [5, 5.41) is 4.20. The summed E-state index contributed by atoms with van der Waals surface area (Å²) >= 11 is 0. The topological polar surface area (TPSA) is 40.7 Å². The van der Waals surface area contributed by atoms with Gasteiger partial charge in [0.05, 0.1) is 17.4 Å². The van der Waals surface area contributed by atoms with Crippen molar-refractivity contribution < 1.29 is 0 Å². The van der Waals surface area contributed by atoms with Gasteiger partial charge in [-0.15, -0.1) is 0 Å². The van der Waals surface area contributed by atoms with Gasteiger partial charge < -0.3 is 10.3 Å². The fraction of sp³-hybridized carbons (Fsp3) is 0.125. The van der Waals surface area contributed by atoms with E-state index in [0.29, 0.717) is 0 Å². The summed E-state index contributed by atoms with van der Waals surface area (Å²) < 4.78 is 0. The van der Waals surface area contributed by atoms with E-state index in [4.69, 9.17) is 0 Å². The van der Waals surface area contributed by atoms with Crippen LogP contribution in [0, 0.1) is 0 Å². The van der Waals surface area contributed by atoms with Crippen molar-refractivity contribution in [2.24, 2.45) is 0 Å². The van der Waals surface area contributed by atoms with Gasteiger partial charge in [0.15, 0.2) is 0 Å². The third-order valence-corrected chi connectivity index (χ3v) is 1.74. The number of nitrogens with one attached hydrogen (secondary N) is 2. The van der Waals surface area contributed by atoms with Crippen molar-refractivity contribution in [3.8, 4) is 0 Å². The van der Waals surface area contributed by atoms with Crippen LogP contribution in [0.4, 0.5) is 5.69 Å². The number of hydrogen-bond donors (Lipinski definition) is 2. The third kappa shape index (κ3) is 0.852. The lowest BCUT2D eigenvalue weighted by molar-refractivity contribution is 1.33. The van der Waals surface area contributed by atoms with E-state index in [2.05, 4.69) is 15.3 Å². The zero-order chi connectivity index (χ0) is 7.68. The summed E-state index contributed by atoms with van der Waals surface area (Å²) in [5.41, 5.74) is 2.15. The van der Waals surface area contributed by atoms with Crippen molar-refractivity contribution in [2.45, 2.75) is 0 Å². The van der Waals surface area contributed by atoms with Gasteiger partial charge in [0.25, 0.3) is 0 Å². The smallest absolute Gasteiger partial charge is 0.0769 e. The van der Waals surface area contributed by atoms with Crippen LogP contribution in [0.3, 0.4) is 0 Å². The summed E-state index contributed by atoms with van der Waals surface area (Å²) in [4.78, 5) is 7.21. The van der Waals surface area contributed by atoms with Gasteiger partial charge in [0, 0.05) is 24.8 Å². The van der Waals surface area contributed by atoms with E-state index in [0.717, 1.165) is 16.6 Å². The summed E-state index contributed by atoms with van der Waals surface area (Å²) in [6.07, 6.45) is 5.55. The third-order valence-electron chi connectivity index (χ3n) is 1.74. The molecule has 0 aliphatic carbocycles. The van der Waals surface area contributed by atoms with E-state index < -0.39 is 0 Å². The number of anilines is 1. The van der Waals surface area contributed by atoms with Crippen molar-refractivity contribution in [2.75, 3.05) is 12.4 Å². The Kier molecular flexibility index (Phi) is 1.28. The van der Waals surface area contributed by atoms with Crippen LogP contribution in [-0.2, 0) is 0 Å². The highest BCUT2D eigenvalue weighted by atomic mass is 14.9. The Morgan fingerprint density at radius 3 is 3.18 bits per heavy atom. The molecule has 0 bridgehead atoms. The molecule has 0 spiro atoms. The number of fused-ring (bicyclic) bond motifs is 1. The Morgan fingerprint density at radius 2 is 2.36 bits per heavy atom. The van der Waals surface area contributed by atoms with Crippen LogP contribution in [0.2, 0.25) is 0 Å². The Bertz CT molecular complexity index is 364. The molecule has 0 aromatic carbocycles. The van der Waals surface area contributed by atoms with Crippen molar-refractivity contribution in [1.29, 1.82) is 0 Å². The normalized spacial score (nSPS) is 10.3. The zero-order valence-corrected chi connectivity index (χ0v) is 6.26. The van der Waals surface area contributed by atoms with Gasteiger partial charge in [-0.1, -0.05) is 0 Å². The van der Waals surface area contributed by atoms with E-state index in [1.165, 1.54) is 0 Å². The van der Waals surface area contributed by atoms with Crippen LogP contribution in [0.15, 0.2) is 24.7 Å². The first kappa shape index (κ1) is 6.22. The number of pyridine rings is 1. The van der Waals surface area contributed by atoms with E-state index in [1.807, 2.05) is 25.5 Å². The average Bonchev–Trinajstić information content (AvgIpc) is 2.50. The first-order valence-electron chi connectivity index (χ1n) is 3.50. The lowest BCUT2D eigenvalue weighted by Gasteiger charge is -1.98. The van der Waals surface area contributed by atoms with Gasteiger partial charge in [-0.2, -0.15) is 0 Å². The molecular weight excluding hydrogens is 138 g/mol. The van der Waals surface area contributed by atoms with Crippen molar-refractivity contribution >= 4 is 16.6 Å². The van der Waals surface area contributed by atoms with E-state index in [1.54, 1.807) is 6.20 Å².